The molecule has 2 aromatic rings. The molecule has 0 amide bonds. The zero-order valence-electron chi connectivity index (χ0n) is 15.1. The smallest absolute Gasteiger partial charge is 0.235 e. The summed E-state index contributed by atoms with van der Waals surface area (Å²) >= 11 is 0. The molecule has 9 nitrogen and oxygen atoms in total. The van der Waals surface area contributed by atoms with Crippen LogP contribution in [0.4, 0.5) is 11.6 Å². The largest absolute Gasteiger partial charge is 0.424 e. The molecule has 0 unspecified atom stereocenters. The second-order valence-electron chi connectivity index (χ2n) is 6.49. The molecule has 136 valence electrons. The fourth-order valence-corrected chi connectivity index (χ4v) is 3.10. The monoisotopic (exact) mass is 347 g/mol. The number of nitrogens with one attached hydrogen (secondary N) is 1. The Kier molecular flexibility index (Phi) is 5.44. The van der Waals surface area contributed by atoms with Gasteiger partial charge in [-0.3, -0.25) is 0 Å². The molecule has 2 atom stereocenters. The number of rotatable bonds is 7. The van der Waals surface area contributed by atoms with E-state index < -0.39 is 0 Å². The number of ether oxygens (including phenoxy) is 1. The lowest BCUT2D eigenvalue weighted by atomic mass is 10.2. The third-order valence-corrected chi connectivity index (χ3v) is 4.22. The topological polar surface area (TPSA) is 92.4 Å². The van der Waals surface area contributed by atoms with Crippen molar-refractivity contribution in [2.24, 2.45) is 0 Å². The van der Waals surface area contributed by atoms with Crippen molar-refractivity contribution in [1.82, 2.24) is 25.1 Å². The first-order valence-corrected chi connectivity index (χ1v) is 8.34. The summed E-state index contributed by atoms with van der Waals surface area (Å²) in [6.45, 7) is 3.98. The van der Waals surface area contributed by atoms with Gasteiger partial charge in [-0.25, -0.2) is 9.97 Å². The number of aromatic nitrogens is 4. The van der Waals surface area contributed by atoms with Gasteiger partial charge in [0, 0.05) is 39.2 Å². The number of anilines is 2. The number of likely N-dealkylation sites (N-methyl/N-ethyl adjacent to an activating group) is 1. The Morgan fingerprint density at radius 1 is 1.36 bits per heavy atom. The number of methoxy groups -OCH3 is 1. The van der Waals surface area contributed by atoms with Crippen LogP contribution in [-0.2, 0) is 11.3 Å². The summed E-state index contributed by atoms with van der Waals surface area (Å²) < 4.78 is 10.9. The fraction of sp³-hybridized carbons (Fsp3) is 0.625. The Bertz CT molecular complexity index is 691. The minimum atomic E-state index is 0.220. The van der Waals surface area contributed by atoms with E-state index in [0.717, 1.165) is 31.1 Å². The van der Waals surface area contributed by atoms with Crippen molar-refractivity contribution in [1.29, 1.82) is 0 Å². The minimum Gasteiger partial charge on any atom is -0.424 e. The molecule has 3 heterocycles. The van der Waals surface area contributed by atoms with Gasteiger partial charge in [-0.15, -0.1) is 10.2 Å². The molecule has 0 bridgehead atoms. The van der Waals surface area contributed by atoms with Crippen LogP contribution in [0.5, 0.6) is 0 Å². The zero-order valence-corrected chi connectivity index (χ0v) is 15.1. The fourth-order valence-electron chi connectivity index (χ4n) is 3.10. The lowest BCUT2D eigenvalue weighted by molar-refractivity contribution is 0.117. The lowest BCUT2D eigenvalue weighted by Gasteiger charge is -2.27. The highest BCUT2D eigenvalue weighted by atomic mass is 16.5. The normalized spacial score (nSPS) is 20.4. The van der Waals surface area contributed by atoms with Gasteiger partial charge in [-0.1, -0.05) is 0 Å². The summed E-state index contributed by atoms with van der Waals surface area (Å²) in [5.74, 6) is 2.70. The van der Waals surface area contributed by atoms with Gasteiger partial charge < -0.3 is 24.3 Å². The average Bonchev–Trinajstić information content (AvgIpc) is 3.19. The molecule has 0 aromatic carbocycles. The van der Waals surface area contributed by atoms with Crippen molar-refractivity contribution in [2.75, 3.05) is 44.5 Å². The van der Waals surface area contributed by atoms with E-state index in [-0.39, 0.29) is 6.10 Å². The molecule has 0 aliphatic carbocycles. The first-order chi connectivity index (χ1) is 12.0. The second kappa shape index (κ2) is 7.75. The first kappa shape index (κ1) is 17.6. The molecule has 1 fully saturated rings. The third-order valence-electron chi connectivity index (χ3n) is 4.22. The molecule has 2 aromatic heterocycles. The number of nitrogens with zero attached hydrogens (tertiary/aromatic N) is 6. The molecule has 1 saturated heterocycles. The Balaban J connectivity index is 1.70. The van der Waals surface area contributed by atoms with E-state index in [1.165, 1.54) is 0 Å². The van der Waals surface area contributed by atoms with Crippen LogP contribution in [0.1, 0.15) is 18.2 Å². The third kappa shape index (κ3) is 4.43. The first-order valence-electron chi connectivity index (χ1n) is 8.34. The summed E-state index contributed by atoms with van der Waals surface area (Å²) in [7, 11) is 5.93. The summed E-state index contributed by atoms with van der Waals surface area (Å²) in [6.07, 6.45) is 2.78. The van der Waals surface area contributed by atoms with Gasteiger partial charge in [0.1, 0.15) is 18.0 Å². The van der Waals surface area contributed by atoms with E-state index in [1.807, 2.05) is 6.07 Å². The van der Waals surface area contributed by atoms with Gasteiger partial charge in [-0.2, -0.15) is 0 Å². The second-order valence-corrected chi connectivity index (χ2v) is 6.49. The highest BCUT2D eigenvalue weighted by Crippen LogP contribution is 2.27. The van der Waals surface area contributed by atoms with Crippen molar-refractivity contribution in [2.45, 2.75) is 32.0 Å². The van der Waals surface area contributed by atoms with E-state index >= 15 is 0 Å². The van der Waals surface area contributed by atoms with Gasteiger partial charge >= 0.3 is 0 Å². The highest BCUT2D eigenvalue weighted by molar-refractivity contribution is 5.50. The summed E-state index contributed by atoms with van der Waals surface area (Å²) in [6, 6.07) is 2.31. The van der Waals surface area contributed by atoms with Crippen LogP contribution in [0, 0.1) is 6.92 Å². The van der Waals surface area contributed by atoms with Crippen LogP contribution in [-0.4, -0.2) is 71.5 Å². The van der Waals surface area contributed by atoms with E-state index in [0.29, 0.717) is 24.4 Å². The minimum absolute atomic E-state index is 0.220. The van der Waals surface area contributed by atoms with E-state index in [9.17, 15) is 0 Å². The van der Waals surface area contributed by atoms with Crippen LogP contribution in [0.3, 0.4) is 0 Å². The van der Waals surface area contributed by atoms with Gasteiger partial charge in [0.2, 0.25) is 11.8 Å². The number of aryl methyl sites for hydroxylation is 1. The molecular formula is C16H25N7O2. The Morgan fingerprint density at radius 2 is 2.20 bits per heavy atom. The summed E-state index contributed by atoms with van der Waals surface area (Å²) in [4.78, 5) is 13.2. The molecular weight excluding hydrogens is 322 g/mol. The summed E-state index contributed by atoms with van der Waals surface area (Å²) in [5.41, 5.74) is 0. The quantitative estimate of drug-likeness (QED) is 0.785. The molecule has 3 rings (SSSR count). The van der Waals surface area contributed by atoms with Crippen molar-refractivity contribution < 1.29 is 9.15 Å². The lowest BCUT2D eigenvalue weighted by Crippen LogP contribution is -2.38. The molecule has 9 heteroatoms. The predicted octanol–water partition coefficient (Wildman–Crippen LogP) is 0.935. The Morgan fingerprint density at radius 3 is 2.88 bits per heavy atom. The maximum atomic E-state index is 5.57. The van der Waals surface area contributed by atoms with Crippen LogP contribution >= 0.6 is 0 Å². The number of hydrogen-bond acceptors (Lipinski definition) is 9. The van der Waals surface area contributed by atoms with Gasteiger partial charge in [-0.05, 0) is 20.5 Å². The molecule has 25 heavy (non-hydrogen) atoms. The van der Waals surface area contributed by atoms with Gasteiger partial charge in [0.15, 0.2) is 0 Å². The zero-order chi connectivity index (χ0) is 17.8. The van der Waals surface area contributed by atoms with Crippen molar-refractivity contribution in [3.63, 3.8) is 0 Å². The predicted molar refractivity (Wildman–Crippen MR) is 93.5 cm³/mol. The molecule has 1 aliphatic rings. The highest BCUT2D eigenvalue weighted by Gasteiger charge is 2.33. The maximum Gasteiger partial charge on any atom is 0.235 e. The SMILES string of the molecule is CO[C@H]1C[C@@H](CN(C)C)N(c2cc(NCc3nnc(C)o3)ncn2)C1. The molecule has 0 radical (unpaired) electrons. The van der Waals surface area contributed by atoms with E-state index in [4.69, 9.17) is 9.15 Å². The molecule has 0 saturated carbocycles. The van der Waals surface area contributed by atoms with Crippen LogP contribution in [0.25, 0.3) is 0 Å². The van der Waals surface area contributed by atoms with E-state index in [1.54, 1.807) is 20.4 Å². The van der Waals surface area contributed by atoms with Crippen molar-refractivity contribution in [3.8, 4) is 0 Å². The Labute approximate surface area is 147 Å². The molecule has 1 N–H and O–H groups in total. The summed E-state index contributed by atoms with van der Waals surface area (Å²) in [5, 5.41) is 11.0. The van der Waals surface area contributed by atoms with Crippen LogP contribution < -0.4 is 10.2 Å². The van der Waals surface area contributed by atoms with Crippen LogP contribution in [0.15, 0.2) is 16.8 Å². The number of hydrogen-bond donors (Lipinski definition) is 1. The molecule has 0 spiro atoms. The maximum absolute atomic E-state index is 5.57. The van der Waals surface area contributed by atoms with Crippen molar-refractivity contribution in [3.05, 3.63) is 24.2 Å². The van der Waals surface area contributed by atoms with Crippen LogP contribution in [0.2, 0.25) is 0 Å². The van der Waals surface area contributed by atoms with Crippen molar-refractivity contribution >= 4 is 11.6 Å². The standard InChI is InChI=1S/C16H25N7O2/c1-11-20-21-16(25-11)7-17-14-6-15(19-10-18-14)23-9-13(24-4)5-12(23)8-22(2)3/h6,10,12-13H,5,7-9H2,1-4H3,(H,17,18,19)/t12-,13-/m0/s1. The van der Waals surface area contributed by atoms with Gasteiger partial charge in [0.05, 0.1) is 12.6 Å². The average molecular weight is 347 g/mol. The van der Waals surface area contributed by atoms with E-state index in [2.05, 4.69) is 49.4 Å². The van der Waals surface area contributed by atoms with Gasteiger partial charge in [0.25, 0.3) is 0 Å². The Hall–Kier alpha value is -2.26. The molecule has 1 aliphatic heterocycles.